The highest BCUT2D eigenvalue weighted by molar-refractivity contribution is 8.00. The average molecular weight is 404 g/mol. The van der Waals surface area contributed by atoms with Crippen LogP contribution in [-0.4, -0.2) is 28.5 Å². The zero-order valence-electron chi connectivity index (χ0n) is 15.0. The Morgan fingerprint density at radius 1 is 1.26 bits per heavy atom. The number of aromatic nitrogens is 2. The molecule has 1 unspecified atom stereocenters. The predicted molar refractivity (Wildman–Crippen MR) is 106 cm³/mol. The van der Waals surface area contributed by atoms with E-state index in [1.54, 1.807) is 25.1 Å². The Hall–Kier alpha value is -2.51. The molecular formula is C19H18ClN3O3S. The normalized spacial score (nSPS) is 11.9. The molecule has 3 rings (SSSR count). The molecular weight excluding hydrogens is 386 g/mol. The van der Waals surface area contributed by atoms with E-state index in [9.17, 15) is 4.79 Å². The molecule has 0 fully saturated rings. The third-order valence-corrected chi connectivity index (χ3v) is 4.97. The fourth-order valence-corrected chi connectivity index (χ4v) is 3.29. The molecule has 0 saturated carbocycles. The Morgan fingerprint density at radius 3 is 2.78 bits per heavy atom. The SMILES string of the molecule is COc1ccc(NC(=O)C(C)Sc2nnc(-c3cccc(C)c3)o2)cc1Cl. The van der Waals surface area contributed by atoms with Crippen LogP contribution in [0.2, 0.25) is 5.02 Å². The molecule has 0 aliphatic heterocycles. The molecule has 1 amide bonds. The predicted octanol–water partition coefficient (Wildman–Crippen LogP) is 4.83. The van der Waals surface area contributed by atoms with Gasteiger partial charge in [-0.15, -0.1) is 10.2 Å². The largest absolute Gasteiger partial charge is 0.495 e. The molecule has 2 aromatic carbocycles. The lowest BCUT2D eigenvalue weighted by Crippen LogP contribution is -2.22. The molecule has 0 bridgehead atoms. The summed E-state index contributed by atoms with van der Waals surface area (Å²) in [6.45, 7) is 3.76. The van der Waals surface area contributed by atoms with E-state index in [1.807, 2.05) is 31.2 Å². The number of benzene rings is 2. The van der Waals surface area contributed by atoms with Crippen LogP contribution in [0.15, 0.2) is 52.1 Å². The molecule has 6 nitrogen and oxygen atoms in total. The Labute approximate surface area is 166 Å². The van der Waals surface area contributed by atoms with Crippen LogP contribution < -0.4 is 10.1 Å². The molecule has 27 heavy (non-hydrogen) atoms. The van der Waals surface area contributed by atoms with E-state index in [4.69, 9.17) is 20.8 Å². The minimum Gasteiger partial charge on any atom is -0.495 e. The highest BCUT2D eigenvalue weighted by Gasteiger charge is 2.19. The van der Waals surface area contributed by atoms with Crippen molar-refractivity contribution in [3.63, 3.8) is 0 Å². The van der Waals surface area contributed by atoms with Crippen molar-refractivity contribution >= 4 is 35.0 Å². The van der Waals surface area contributed by atoms with E-state index < -0.39 is 5.25 Å². The fraction of sp³-hybridized carbons (Fsp3) is 0.211. The number of anilines is 1. The van der Waals surface area contributed by atoms with Crippen LogP contribution in [-0.2, 0) is 4.79 Å². The number of carbonyl (C=O) groups is 1. The molecule has 0 aliphatic rings. The molecule has 0 spiro atoms. The highest BCUT2D eigenvalue weighted by atomic mass is 35.5. The number of nitrogens with zero attached hydrogens (tertiary/aromatic N) is 2. The number of methoxy groups -OCH3 is 1. The van der Waals surface area contributed by atoms with Crippen molar-refractivity contribution in [2.75, 3.05) is 12.4 Å². The van der Waals surface area contributed by atoms with Gasteiger partial charge in [0.25, 0.3) is 5.22 Å². The Balaban J connectivity index is 1.64. The molecule has 0 saturated heterocycles. The van der Waals surface area contributed by atoms with E-state index in [1.165, 1.54) is 18.9 Å². The zero-order chi connectivity index (χ0) is 19.4. The van der Waals surface area contributed by atoms with Gasteiger partial charge in [-0.1, -0.05) is 41.1 Å². The van der Waals surface area contributed by atoms with E-state index in [0.29, 0.717) is 27.6 Å². The van der Waals surface area contributed by atoms with Gasteiger partial charge in [0, 0.05) is 11.3 Å². The summed E-state index contributed by atoms with van der Waals surface area (Å²) in [6.07, 6.45) is 0. The summed E-state index contributed by atoms with van der Waals surface area (Å²) >= 11 is 7.27. The molecule has 8 heteroatoms. The van der Waals surface area contributed by atoms with Gasteiger partial charge in [0.1, 0.15) is 5.75 Å². The summed E-state index contributed by atoms with van der Waals surface area (Å²) in [4.78, 5) is 12.4. The van der Waals surface area contributed by atoms with Crippen LogP contribution in [0, 0.1) is 6.92 Å². The van der Waals surface area contributed by atoms with Crippen molar-refractivity contribution in [3.8, 4) is 17.2 Å². The number of halogens is 1. The molecule has 0 radical (unpaired) electrons. The van der Waals surface area contributed by atoms with Gasteiger partial charge in [-0.3, -0.25) is 4.79 Å². The van der Waals surface area contributed by atoms with Gasteiger partial charge in [0.15, 0.2) is 0 Å². The summed E-state index contributed by atoms with van der Waals surface area (Å²) in [5.74, 6) is 0.777. The second-order valence-electron chi connectivity index (χ2n) is 5.84. The standard InChI is InChI=1S/C19H18ClN3O3S/c1-11-5-4-6-13(9-11)18-22-23-19(26-18)27-12(2)17(24)21-14-7-8-16(25-3)15(20)10-14/h4-10,12H,1-3H3,(H,21,24). The van der Waals surface area contributed by atoms with Gasteiger partial charge in [0.05, 0.1) is 17.4 Å². The monoisotopic (exact) mass is 403 g/mol. The lowest BCUT2D eigenvalue weighted by atomic mass is 10.1. The molecule has 140 valence electrons. The van der Waals surface area contributed by atoms with E-state index in [0.717, 1.165) is 11.1 Å². The average Bonchev–Trinajstić information content (AvgIpc) is 3.10. The number of nitrogens with one attached hydrogen (secondary N) is 1. The number of ether oxygens (including phenoxy) is 1. The third kappa shape index (κ3) is 4.81. The maximum Gasteiger partial charge on any atom is 0.277 e. The number of thioether (sulfide) groups is 1. The Kier molecular flexibility index (Phi) is 6.03. The smallest absolute Gasteiger partial charge is 0.277 e. The van der Waals surface area contributed by atoms with Gasteiger partial charge in [-0.25, -0.2) is 0 Å². The van der Waals surface area contributed by atoms with Crippen molar-refractivity contribution in [1.29, 1.82) is 0 Å². The first kappa shape index (κ1) is 19.3. The first-order valence-corrected chi connectivity index (χ1v) is 9.43. The zero-order valence-corrected chi connectivity index (χ0v) is 16.6. The summed E-state index contributed by atoms with van der Waals surface area (Å²) in [5.41, 5.74) is 2.54. The van der Waals surface area contributed by atoms with Crippen molar-refractivity contribution in [2.45, 2.75) is 24.3 Å². The first-order valence-electron chi connectivity index (χ1n) is 8.18. The van der Waals surface area contributed by atoms with Crippen LogP contribution in [0.3, 0.4) is 0 Å². The summed E-state index contributed by atoms with van der Waals surface area (Å²) in [7, 11) is 1.54. The van der Waals surface area contributed by atoms with Crippen LogP contribution in [0.4, 0.5) is 5.69 Å². The number of aryl methyl sites for hydroxylation is 1. The maximum absolute atomic E-state index is 12.4. The summed E-state index contributed by atoms with van der Waals surface area (Å²) < 4.78 is 10.8. The third-order valence-electron chi connectivity index (χ3n) is 3.74. The molecule has 1 aromatic heterocycles. The molecule has 1 heterocycles. The van der Waals surface area contributed by atoms with Gasteiger partial charge >= 0.3 is 0 Å². The molecule has 0 aliphatic carbocycles. The number of amides is 1. The maximum atomic E-state index is 12.4. The van der Waals surface area contributed by atoms with E-state index >= 15 is 0 Å². The van der Waals surface area contributed by atoms with Gasteiger partial charge in [0.2, 0.25) is 11.8 Å². The van der Waals surface area contributed by atoms with E-state index in [-0.39, 0.29) is 5.91 Å². The number of carbonyl (C=O) groups excluding carboxylic acids is 1. The van der Waals surface area contributed by atoms with Crippen LogP contribution in [0.5, 0.6) is 5.75 Å². The second kappa shape index (κ2) is 8.45. The van der Waals surface area contributed by atoms with Crippen LogP contribution in [0.25, 0.3) is 11.5 Å². The Morgan fingerprint density at radius 2 is 2.07 bits per heavy atom. The lowest BCUT2D eigenvalue weighted by Gasteiger charge is -2.11. The molecule has 3 aromatic rings. The summed E-state index contributed by atoms with van der Waals surface area (Å²) in [5, 5.41) is 11.2. The van der Waals surface area contributed by atoms with E-state index in [2.05, 4.69) is 15.5 Å². The highest BCUT2D eigenvalue weighted by Crippen LogP contribution is 2.29. The number of hydrogen-bond acceptors (Lipinski definition) is 6. The van der Waals surface area contributed by atoms with Crippen molar-refractivity contribution < 1.29 is 13.9 Å². The Bertz CT molecular complexity index is 961. The van der Waals surface area contributed by atoms with Crippen molar-refractivity contribution in [1.82, 2.24) is 10.2 Å². The number of hydrogen-bond donors (Lipinski definition) is 1. The molecule has 1 N–H and O–H groups in total. The second-order valence-corrected chi connectivity index (χ2v) is 7.54. The van der Waals surface area contributed by atoms with Gasteiger partial charge in [-0.2, -0.15) is 0 Å². The fourth-order valence-electron chi connectivity index (χ4n) is 2.34. The van der Waals surface area contributed by atoms with Crippen molar-refractivity contribution in [2.24, 2.45) is 0 Å². The van der Waals surface area contributed by atoms with Gasteiger partial charge in [-0.05, 0) is 44.2 Å². The van der Waals surface area contributed by atoms with Gasteiger partial charge < -0.3 is 14.5 Å². The lowest BCUT2D eigenvalue weighted by molar-refractivity contribution is -0.115. The first-order chi connectivity index (χ1) is 13.0. The molecule has 1 atom stereocenters. The summed E-state index contributed by atoms with van der Waals surface area (Å²) in [6, 6.07) is 12.8. The van der Waals surface area contributed by atoms with Crippen LogP contribution in [0.1, 0.15) is 12.5 Å². The quantitative estimate of drug-likeness (QED) is 0.594. The van der Waals surface area contributed by atoms with Crippen LogP contribution >= 0.6 is 23.4 Å². The minimum atomic E-state index is -0.434. The number of rotatable bonds is 6. The minimum absolute atomic E-state index is 0.198. The topological polar surface area (TPSA) is 77.2 Å². The van der Waals surface area contributed by atoms with Crippen molar-refractivity contribution in [3.05, 3.63) is 53.1 Å².